The van der Waals surface area contributed by atoms with E-state index in [2.05, 4.69) is 15.9 Å². The van der Waals surface area contributed by atoms with Gasteiger partial charge in [0.25, 0.3) is 5.91 Å². The van der Waals surface area contributed by atoms with Gasteiger partial charge in [0.15, 0.2) is 0 Å². The van der Waals surface area contributed by atoms with Crippen LogP contribution >= 0.6 is 15.9 Å². The van der Waals surface area contributed by atoms with Gasteiger partial charge in [0.05, 0.1) is 5.56 Å². The molecule has 23 heavy (non-hydrogen) atoms. The molecule has 0 bridgehead atoms. The lowest BCUT2D eigenvalue weighted by molar-refractivity contribution is -0.136. The molecule has 0 radical (unpaired) electrons. The minimum Gasteiger partial charge on any atom is -0.339 e. The Labute approximate surface area is 143 Å². The number of amides is 2. The zero-order chi connectivity index (χ0) is 16.4. The molecule has 124 valence electrons. The number of piperazine rings is 1. The summed E-state index contributed by atoms with van der Waals surface area (Å²) in [5.41, 5.74) is 0.460. The van der Waals surface area contributed by atoms with E-state index in [0.717, 1.165) is 25.7 Å². The largest absolute Gasteiger partial charge is 0.339 e. The normalized spacial score (nSPS) is 19.2. The molecule has 1 aromatic carbocycles. The lowest BCUT2D eigenvalue weighted by Gasteiger charge is -2.36. The molecular formula is C17H20BrFN2O2. The summed E-state index contributed by atoms with van der Waals surface area (Å²) in [5.74, 6) is -0.0636. The molecule has 2 fully saturated rings. The van der Waals surface area contributed by atoms with Crippen molar-refractivity contribution in [2.45, 2.75) is 25.7 Å². The molecule has 4 nitrogen and oxygen atoms in total. The fraction of sp³-hybridized carbons (Fsp3) is 0.529. The van der Waals surface area contributed by atoms with E-state index in [4.69, 9.17) is 0 Å². The first-order valence-corrected chi connectivity index (χ1v) is 8.88. The lowest BCUT2D eigenvalue weighted by Crippen LogP contribution is -2.51. The van der Waals surface area contributed by atoms with Gasteiger partial charge in [0, 0.05) is 36.6 Å². The Kier molecular flexibility index (Phi) is 4.99. The monoisotopic (exact) mass is 382 g/mol. The Morgan fingerprint density at radius 3 is 2.26 bits per heavy atom. The first kappa shape index (κ1) is 16.4. The minimum atomic E-state index is -0.375. The third kappa shape index (κ3) is 3.57. The van der Waals surface area contributed by atoms with Crippen LogP contribution in [0.1, 0.15) is 36.0 Å². The number of benzene rings is 1. The second kappa shape index (κ2) is 6.99. The zero-order valence-corrected chi connectivity index (χ0v) is 14.5. The molecule has 0 spiro atoms. The van der Waals surface area contributed by atoms with Crippen molar-refractivity contribution < 1.29 is 14.0 Å². The predicted molar refractivity (Wildman–Crippen MR) is 88.5 cm³/mol. The number of carbonyl (C=O) groups excluding carboxylic acids is 2. The molecule has 1 aromatic rings. The van der Waals surface area contributed by atoms with E-state index in [-0.39, 0.29) is 23.5 Å². The van der Waals surface area contributed by atoms with E-state index < -0.39 is 0 Å². The first-order chi connectivity index (χ1) is 11.1. The number of nitrogens with zero attached hydrogens (tertiary/aromatic N) is 2. The van der Waals surface area contributed by atoms with Crippen LogP contribution in [-0.2, 0) is 4.79 Å². The van der Waals surface area contributed by atoms with Crippen molar-refractivity contribution in [3.8, 4) is 0 Å². The van der Waals surface area contributed by atoms with E-state index in [1.807, 2.05) is 4.90 Å². The zero-order valence-electron chi connectivity index (χ0n) is 12.9. The maximum atomic E-state index is 13.1. The summed E-state index contributed by atoms with van der Waals surface area (Å²) in [6.45, 7) is 2.22. The molecule has 0 aromatic heterocycles. The van der Waals surface area contributed by atoms with Crippen LogP contribution < -0.4 is 0 Å². The van der Waals surface area contributed by atoms with Gasteiger partial charge in [0.1, 0.15) is 5.82 Å². The fourth-order valence-corrected chi connectivity index (χ4v) is 3.91. The minimum absolute atomic E-state index is 0.121. The predicted octanol–water partition coefficient (Wildman–Crippen LogP) is 3.06. The van der Waals surface area contributed by atoms with Crippen molar-refractivity contribution >= 4 is 27.7 Å². The fourth-order valence-electron chi connectivity index (χ4n) is 3.39. The van der Waals surface area contributed by atoms with Crippen LogP contribution in [0.15, 0.2) is 22.7 Å². The van der Waals surface area contributed by atoms with Crippen LogP contribution in [0.5, 0.6) is 0 Å². The Balaban J connectivity index is 1.60. The van der Waals surface area contributed by atoms with Gasteiger partial charge < -0.3 is 9.80 Å². The van der Waals surface area contributed by atoms with Gasteiger partial charge in [-0.2, -0.15) is 0 Å². The Morgan fingerprint density at radius 1 is 1.04 bits per heavy atom. The number of carbonyl (C=O) groups is 2. The average Bonchev–Trinajstić information content (AvgIpc) is 3.08. The third-order valence-corrected chi connectivity index (χ3v) is 5.40. The summed E-state index contributed by atoms with van der Waals surface area (Å²) in [5, 5.41) is 0. The summed E-state index contributed by atoms with van der Waals surface area (Å²) in [4.78, 5) is 28.6. The van der Waals surface area contributed by atoms with Crippen LogP contribution in [-0.4, -0.2) is 47.8 Å². The van der Waals surface area contributed by atoms with Gasteiger partial charge in [-0.15, -0.1) is 0 Å². The van der Waals surface area contributed by atoms with Crippen molar-refractivity contribution in [2.75, 3.05) is 26.2 Å². The summed E-state index contributed by atoms with van der Waals surface area (Å²) >= 11 is 3.24. The molecule has 1 aliphatic heterocycles. The molecule has 6 heteroatoms. The van der Waals surface area contributed by atoms with Crippen LogP contribution in [0.3, 0.4) is 0 Å². The maximum Gasteiger partial charge on any atom is 0.255 e. The van der Waals surface area contributed by atoms with E-state index in [9.17, 15) is 14.0 Å². The van der Waals surface area contributed by atoms with E-state index in [1.54, 1.807) is 4.90 Å². The highest BCUT2D eigenvalue weighted by Crippen LogP contribution is 2.27. The van der Waals surface area contributed by atoms with Crippen molar-refractivity contribution in [3.05, 3.63) is 34.1 Å². The van der Waals surface area contributed by atoms with Crippen LogP contribution in [0, 0.1) is 11.7 Å². The standard InChI is InChI=1S/C17H20BrFN2O2/c18-15-11-13(19)5-6-14(15)17(23)21-9-7-20(8-10-21)16(22)12-3-1-2-4-12/h5-6,11-12H,1-4,7-10H2. The molecule has 3 rings (SSSR count). The number of halogens is 2. The van der Waals surface area contributed by atoms with Crippen LogP contribution in [0.2, 0.25) is 0 Å². The quantitative estimate of drug-likeness (QED) is 0.788. The number of hydrogen-bond donors (Lipinski definition) is 0. The second-order valence-electron chi connectivity index (χ2n) is 6.22. The maximum absolute atomic E-state index is 13.1. The molecule has 0 atom stereocenters. The van der Waals surface area contributed by atoms with Crippen molar-refractivity contribution in [1.82, 2.24) is 9.80 Å². The molecule has 1 aliphatic carbocycles. The van der Waals surface area contributed by atoms with Crippen molar-refractivity contribution in [3.63, 3.8) is 0 Å². The molecule has 1 saturated heterocycles. The van der Waals surface area contributed by atoms with Gasteiger partial charge in [-0.25, -0.2) is 4.39 Å². The summed E-state index contributed by atoms with van der Waals surface area (Å²) in [6.07, 6.45) is 4.29. The highest BCUT2D eigenvalue weighted by molar-refractivity contribution is 9.10. The third-order valence-electron chi connectivity index (χ3n) is 4.74. The average molecular weight is 383 g/mol. The highest BCUT2D eigenvalue weighted by atomic mass is 79.9. The summed E-state index contributed by atoms with van der Waals surface area (Å²) in [7, 11) is 0. The molecule has 2 amide bonds. The van der Waals surface area contributed by atoms with E-state index in [1.165, 1.54) is 18.2 Å². The van der Waals surface area contributed by atoms with Gasteiger partial charge in [-0.3, -0.25) is 9.59 Å². The molecule has 0 N–H and O–H groups in total. The topological polar surface area (TPSA) is 40.6 Å². The molecule has 1 heterocycles. The lowest BCUT2D eigenvalue weighted by atomic mass is 10.1. The molecule has 2 aliphatic rings. The van der Waals surface area contributed by atoms with E-state index >= 15 is 0 Å². The summed E-state index contributed by atoms with van der Waals surface area (Å²) in [6, 6.07) is 4.09. The van der Waals surface area contributed by atoms with Crippen LogP contribution in [0.4, 0.5) is 4.39 Å². The SMILES string of the molecule is O=C(c1ccc(F)cc1Br)N1CCN(C(=O)C2CCCC2)CC1. The molecular weight excluding hydrogens is 363 g/mol. The molecule has 0 unspecified atom stereocenters. The highest BCUT2D eigenvalue weighted by Gasteiger charge is 2.31. The van der Waals surface area contributed by atoms with Crippen molar-refractivity contribution in [1.29, 1.82) is 0 Å². The van der Waals surface area contributed by atoms with Crippen LogP contribution in [0.25, 0.3) is 0 Å². The summed E-state index contributed by atoms with van der Waals surface area (Å²) < 4.78 is 13.6. The van der Waals surface area contributed by atoms with Gasteiger partial charge in [-0.05, 0) is 47.0 Å². The smallest absolute Gasteiger partial charge is 0.255 e. The molecule has 1 saturated carbocycles. The second-order valence-corrected chi connectivity index (χ2v) is 7.08. The van der Waals surface area contributed by atoms with E-state index in [0.29, 0.717) is 36.2 Å². The number of hydrogen-bond acceptors (Lipinski definition) is 2. The Morgan fingerprint density at radius 2 is 1.65 bits per heavy atom. The van der Waals surface area contributed by atoms with Gasteiger partial charge in [0.2, 0.25) is 5.91 Å². The van der Waals surface area contributed by atoms with Gasteiger partial charge >= 0.3 is 0 Å². The number of rotatable bonds is 2. The first-order valence-electron chi connectivity index (χ1n) is 8.09. The van der Waals surface area contributed by atoms with Crippen molar-refractivity contribution in [2.24, 2.45) is 5.92 Å². The Bertz CT molecular complexity index is 609. The Hall–Kier alpha value is -1.43. The van der Waals surface area contributed by atoms with Gasteiger partial charge in [-0.1, -0.05) is 12.8 Å².